The van der Waals surface area contributed by atoms with Crippen molar-refractivity contribution in [3.05, 3.63) is 70.4 Å². The summed E-state index contributed by atoms with van der Waals surface area (Å²) < 4.78 is 5.38. The molecule has 0 aliphatic rings. The van der Waals surface area contributed by atoms with E-state index < -0.39 is 0 Å². The molecule has 2 N–H and O–H groups in total. The first-order chi connectivity index (χ1) is 12.5. The molecule has 26 heavy (non-hydrogen) atoms. The second-order valence-corrected chi connectivity index (χ2v) is 6.40. The molecule has 3 aromatic rings. The van der Waals surface area contributed by atoms with Gasteiger partial charge in [0.1, 0.15) is 11.6 Å². The minimum atomic E-state index is 0.554. The summed E-state index contributed by atoms with van der Waals surface area (Å²) in [5, 5.41) is 7.25. The van der Waals surface area contributed by atoms with Gasteiger partial charge in [-0.25, -0.2) is 4.98 Å². The number of methoxy groups -OCH3 is 1. The summed E-state index contributed by atoms with van der Waals surface area (Å²) in [4.78, 5) is 9.01. The Kier molecular flexibility index (Phi) is 5.58. The van der Waals surface area contributed by atoms with Crippen LogP contribution in [-0.4, -0.2) is 17.1 Å². The SMILES string of the molecule is COc1ccccc1CNc1nc(C)cc(Nc2cc(Cl)ccc2C)n1. The van der Waals surface area contributed by atoms with E-state index in [9.17, 15) is 0 Å². The number of para-hydroxylation sites is 1. The largest absolute Gasteiger partial charge is 0.496 e. The van der Waals surface area contributed by atoms with Crippen LogP contribution in [0.1, 0.15) is 16.8 Å². The Morgan fingerprint density at radius 1 is 1.04 bits per heavy atom. The van der Waals surface area contributed by atoms with Crippen molar-refractivity contribution in [2.24, 2.45) is 0 Å². The Balaban J connectivity index is 1.78. The van der Waals surface area contributed by atoms with Crippen LogP contribution in [0.4, 0.5) is 17.5 Å². The number of nitrogens with one attached hydrogen (secondary N) is 2. The second kappa shape index (κ2) is 8.06. The normalized spacial score (nSPS) is 10.5. The maximum atomic E-state index is 6.09. The van der Waals surface area contributed by atoms with Gasteiger partial charge in [-0.3, -0.25) is 0 Å². The third-order valence-corrected chi connectivity index (χ3v) is 4.18. The predicted octanol–water partition coefficient (Wildman–Crippen LogP) is 5.11. The van der Waals surface area contributed by atoms with Gasteiger partial charge in [-0.2, -0.15) is 4.98 Å². The minimum absolute atomic E-state index is 0.554. The van der Waals surface area contributed by atoms with Crippen LogP contribution in [0.2, 0.25) is 5.02 Å². The molecule has 5 nitrogen and oxygen atoms in total. The molecule has 0 atom stereocenters. The fraction of sp³-hybridized carbons (Fsp3) is 0.200. The van der Waals surface area contributed by atoms with Crippen LogP contribution >= 0.6 is 11.6 Å². The van der Waals surface area contributed by atoms with Gasteiger partial charge in [0.25, 0.3) is 0 Å². The zero-order valence-corrected chi connectivity index (χ0v) is 15.8. The van der Waals surface area contributed by atoms with Crippen molar-refractivity contribution >= 4 is 29.1 Å². The van der Waals surface area contributed by atoms with E-state index in [1.54, 1.807) is 7.11 Å². The monoisotopic (exact) mass is 368 g/mol. The van der Waals surface area contributed by atoms with E-state index >= 15 is 0 Å². The van der Waals surface area contributed by atoms with E-state index in [4.69, 9.17) is 16.3 Å². The number of ether oxygens (including phenoxy) is 1. The number of aryl methyl sites for hydroxylation is 2. The summed E-state index contributed by atoms with van der Waals surface area (Å²) in [5.74, 6) is 2.10. The molecule has 0 saturated carbocycles. The van der Waals surface area contributed by atoms with Crippen LogP contribution in [0.15, 0.2) is 48.5 Å². The van der Waals surface area contributed by atoms with Gasteiger partial charge in [0.05, 0.1) is 7.11 Å². The van der Waals surface area contributed by atoms with Gasteiger partial charge in [0, 0.05) is 34.6 Å². The highest BCUT2D eigenvalue weighted by atomic mass is 35.5. The molecular formula is C20H21ClN4O. The summed E-state index contributed by atoms with van der Waals surface area (Å²) >= 11 is 6.09. The molecule has 0 aliphatic heterocycles. The molecule has 0 fully saturated rings. The Morgan fingerprint density at radius 2 is 1.85 bits per heavy atom. The van der Waals surface area contributed by atoms with Crippen molar-refractivity contribution in [1.29, 1.82) is 0 Å². The van der Waals surface area contributed by atoms with E-state index in [1.165, 1.54) is 0 Å². The van der Waals surface area contributed by atoms with Crippen LogP contribution in [0.25, 0.3) is 0 Å². The lowest BCUT2D eigenvalue weighted by Crippen LogP contribution is -2.07. The van der Waals surface area contributed by atoms with Gasteiger partial charge < -0.3 is 15.4 Å². The second-order valence-electron chi connectivity index (χ2n) is 5.97. The third-order valence-electron chi connectivity index (χ3n) is 3.95. The van der Waals surface area contributed by atoms with Crippen LogP contribution in [-0.2, 0) is 6.54 Å². The molecule has 0 radical (unpaired) electrons. The minimum Gasteiger partial charge on any atom is -0.496 e. The quantitative estimate of drug-likeness (QED) is 0.633. The molecule has 0 spiro atoms. The van der Waals surface area contributed by atoms with Gasteiger partial charge in [0.15, 0.2) is 0 Å². The molecule has 0 aliphatic carbocycles. The standard InChI is InChI=1S/C20H21ClN4O/c1-13-8-9-16(21)11-17(13)24-19-10-14(2)23-20(25-19)22-12-15-6-4-5-7-18(15)26-3/h4-11H,12H2,1-3H3,(H2,22,23,24,25). The van der Waals surface area contributed by atoms with Crippen LogP contribution in [0.5, 0.6) is 5.75 Å². The fourth-order valence-corrected chi connectivity index (χ4v) is 2.77. The van der Waals surface area contributed by atoms with E-state index in [-0.39, 0.29) is 0 Å². The number of hydrogen-bond donors (Lipinski definition) is 2. The molecular weight excluding hydrogens is 348 g/mol. The number of benzene rings is 2. The zero-order valence-electron chi connectivity index (χ0n) is 15.0. The molecule has 3 rings (SSSR count). The highest BCUT2D eigenvalue weighted by Crippen LogP contribution is 2.24. The van der Waals surface area contributed by atoms with E-state index in [1.807, 2.05) is 62.4 Å². The van der Waals surface area contributed by atoms with Crippen molar-refractivity contribution in [1.82, 2.24) is 9.97 Å². The number of aromatic nitrogens is 2. The summed E-state index contributed by atoms with van der Waals surface area (Å²) in [6.45, 7) is 4.53. The molecule has 1 heterocycles. The maximum absolute atomic E-state index is 6.09. The van der Waals surface area contributed by atoms with Gasteiger partial charge in [-0.05, 0) is 37.6 Å². The average molecular weight is 369 g/mol. The van der Waals surface area contributed by atoms with Crippen molar-refractivity contribution in [2.75, 3.05) is 17.7 Å². The van der Waals surface area contributed by atoms with Gasteiger partial charge in [0.2, 0.25) is 5.95 Å². The fourth-order valence-electron chi connectivity index (χ4n) is 2.60. The lowest BCUT2D eigenvalue weighted by atomic mass is 10.2. The highest BCUT2D eigenvalue weighted by Gasteiger charge is 2.07. The Hall–Kier alpha value is -2.79. The smallest absolute Gasteiger partial charge is 0.225 e. The van der Waals surface area contributed by atoms with Gasteiger partial charge in [-0.1, -0.05) is 35.9 Å². The lowest BCUT2D eigenvalue weighted by molar-refractivity contribution is 0.410. The average Bonchev–Trinajstić information content (AvgIpc) is 2.63. The highest BCUT2D eigenvalue weighted by molar-refractivity contribution is 6.30. The van der Waals surface area contributed by atoms with E-state index in [0.717, 1.165) is 28.3 Å². The van der Waals surface area contributed by atoms with Crippen LogP contribution in [0.3, 0.4) is 0 Å². The molecule has 2 aromatic carbocycles. The van der Waals surface area contributed by atoms with Crippen molar-refractivity contribution in [2.45, 2.75) is 20.4 Å². The van der Waals surface area contributed by atoms with Crippen LogP contribution < -0.4 is 15.4 Å². The molecule has 134 valence electrons. The summed E-state index contributed by atoms with van der Waals surface area (Å²) in [5.41, 5.74) is 3.92. The number of anilines is 3. The summed E-state index contributed by atoms with van der Waals surface area (Å²) in [6, 6.07) is 15.5. The maximum Gasteiger partial charge on any atom is 0.225 e. The van der Waals surface area contributed by atoms with Crippen molar-refractivity contribution < 1.29 is 4.74 Å². The van der Waals surface area contributed by atoms with Crippen molar-refractivity contribution in [3.63, 3.8) is 0 Å². The summed E-state index contributed by atoms with van der Waals surface area (Å²) in [6.07, 6.45) is 0. The number of hydrogen-bond acceptors (Lipinski definition) is 5. The molecule has 0 bridgehead atoms. The predicted molar refractivity (Wildman–Crippen MR) is 107 cm³/mol. The topological polar surface area (TPSA) is 59.1 Å². The number of halogens is 1. The Bertz CT molecular complexity index is 914. The Morgan fingerprint density at radius 3 is 2.65 bits per heavy atom. The molecule has 6 heteroatoms. The van der Waals surface area contributed by atoms with Gasteiger partial charge >= 0.3 is 0 Å². The molecule has 1 aromatic heterocycles. The lowest BCUT2D eigenvalue weighted by Gasteiger charge is -2.13. The molecule has 0 unspecified atom stereocenters. The zero-order chi connectivity index (χ0) is 18.5. The van der Waals surface area contributed by atoms with Crippen molar-refractivity contribution in [3.8, 4) is 5.75 Å². The third kappa shape index (κ3) is 4.43. The first-order valence-electron chi connectivity index (χ1n) is 8.30. The molecule has 0 saturated heterocycles. The van der Waals surface area contributed by atoms with Crippen LogP contribution in [0, 0.1) is 13.8 Å². The molecule has 0 amide bonds. The summed E-state index contributed by atoms with van der Waals surface area (Å²) in [7, 11) is 1.66. The number of nitrogens with zero attached hydrogens (tertiary/aromatic N) is 2. The van der Waals surface area contributed by atoms with Gasteiger partial charge in [-0.15, -0.1) is 0 Å². The first kappa shape index (κ1) is 18.0. The van der Waals surface area contributed by atoms with E-state index in [2.05, 4.69) is 20.6 Å². The Labute approximate surface area is 158 Å². The van der Waals surface area contributed by atoms with E-state index in [0.29, 0.717) is 23.3 Å². The first-order valence-corrected chi connectivity index (χ1v) is 8.67. The number of rotatable bonds is 6.